The Hall–Kier alpha value is -3.69. The number of carbonyl (C=O) groups is 5. The summed E-state index contributed by atoms with van der Waals surface area (Å²) in [6.07, 6.45) is 12.0. The van der Waals surface area contributed by atoms with Gasteiger partial charge >= 0.3 is 17.9 Å². The van der Waals surface area contributed by atoms with Crippen LogP contribution in [0.1, 0.15) is 160 Å². The van der Waals surface area contributed by atoms with Gasteiger partial charge in [-0.05, 0) is 128 Å². The van der Waals surface area contributed by atoms with Gasteiger partial charge in [-0.25, -0.2) is 14.4 Å². The molecule has 1 aromatic rings. The largest absolute Gasteiger partial charge is 0.480 e. The monoisotopic (exact) mass is 788 g/mol. The Morgan fingerprint density at radius 3 is 2.16 bits per heavy atom. The second kappa shape index (κ2) is 15.2. The van der Waals surface area contributed by atoms with Gasteiger partial charge in [-0.2, -0.15) is 0 Å². The van der Waals surface area contributed by atoms with Crippen LogP contribution in [0.5, 0.6) is 0 Å². The van der Waals surface area contributed by atoms with Crippen LogP contribution in [0, 0.1) is 56.2 Å². The average Bonchev–Trinajstić information content (AvgIpc) is 3.13. The van der Waals surface area contributed by atoms with Crippen LogP contribution in [0.25, 0.3) is 0 Å². The number of nitrogens with one attached hydrogen (secondary N) is 2. The molecule has 5 aliphatic carbocycles. The molecule has 2 amide bonds. The van der Waals surface area contributed by atoms with Crippen LogP contribution in [0.4, 0.5) is 0 Å². The number of rotatable bonds is 11. The lowest BCUT2D eigenvalue weighted by atomic mass is 9.33. The minimum Gasteiger partial charge on any atom is -0.480 e. The highest BCUT2D eigenvalue weighted by atomic mass is 16.5. The third-order valence-corrected chi connectivity index (χ3v) is 16.8. The third kappa shape index (κ3) is 7.23. The zero-order valence-electron chi connectivity index (χ0n) is 35.9. The van der Waals surface area contributed by atoms with Crippen molar-refractivity contribution < 1.29 is 38.9 Å². The van der Waals surface area contributed by atoms with Crippen LogP contribution in [0.3, 0.4) is 0 Å². The fourth-order valence-electron chi connectivity index (χ4n) is 13.3. The van der Waals surface area contributed by atoms with Crippen molar-refractivity contribution in [3.63, 3.8) is 0 Å². The van der Waals surface area contributed by atoms with Crippen molar-refractivity contribution in [1.29, 1.82) is 0 Å². The first-order chi connectivity index (χ1) is 26.5. The summed E-state index contributed by atoms with van der Waals surface area (Å²) in [6, 6.07) is 5.35. The highest BCUT2D eigenvalue weighted by Crippen LogP contribution is 2.76. The van der Waals surface area contributed by atoms with E-state index in [1.165, 1.54) is 17.7 Å². The fourth-order valence-corrected chi connectivity index (χ4v) is 13.3. The Kier molecular flexibility index (Phi) is 11.4. The van der Waals surface area contributed by atoms with Crippen molar-refractivity contribution in [1.82, 2.24) is 10.6 Å². The van der Waals surface area contributed by atoms with Crippen molar-refractivity contribution in [2.75, 3.05) is 6.54 Å². The SMILES string of the molecule is CC(C)[C@H](NC(=O)CCCNC(=O)[C@]12CCC(C)(C)CC1C1=CCC3[C@@]4(C)CC[C@H](OC(=O)c5ccccc5C(=O)O)C(C)(C)C4CC[C@@]3(C)[C@]1(C)CC2)C(=O)O. The molecule has 0 radical (unpaired) electrons. The summed E-state index contributed by atoms with van der Waals surface area (Å²) in [5, 5.41) is 25.1. The van der Waals surface area contributed by atoms with Gasteiger partial charge in [0.2, 0.25) is 11.8 Å². The van der Waals surface area contributed by atoms with E-state index in [4.69, 9.17) is 4.74 Å². The molecule has 0 aliphatic heterocycles. The molecule has 3 unspecified atom stereocenters. The third-order valence-electron chi connectivity index (χ3n) is 16.8. The second-order valence-electron chi connectivity index (χ2n) is 21.0. The van der Waals surface area contributed by atoms with Gasteiger partial charge in [0.15, 0.2) is 0 Å². The maximum Gasteiger partial charge on any atom is 0.339 e. The first-order valence-corrected chi connectivity index (χ1v) is 21.6. The van der Waals surface area contributed by atoms with Crippen molar-refractivity contribution >= 4 is 29.7 Å². The van der Waals surface area contributed by atoms with Gasteiger partial charge in [-0.15, -0.1) is 0 Å². The summed E-state index contributed by atoms with van der Waals surface area (Å²) in [7, 11) is 0. The minimum atomic E-state index is -1.14. The van der Waals surface area contributed by atoms with Gasteiger partial charge in [0.05, 0.1) is 16.5 Å². The molecule has 1 aromatic carbocycles. The minimum absolute atomic E-state index is 0.00705. The van der Waals surface area contributed by atoms with E-state index in [9.17, 15) is 34.2 Å². The number of hydrogen-bond acceptors (Lipinski definition) is 6. The topological polar surface area (TPSA) is 159 Å². The summed E-state index contributed by atoms with van der Waals surface area (Å²) in [5.41, 5.74) is 0.776. The number of amides is 2. The van der Waals surface area contributed by atoms with Crippen LogP contribution >= 0.6 is 0 Å². The average molecular weight is 789 g/mol. The number of carbonyl (C=O) groups excluding carboxylic acids is 3. The van der Waals surface area contributed by atoms with Gasteiger partial charge in [0, 0.05) is 18.4 Å². The summed E-state index contributed by atoms with van der Waals surface area (Å²) < 4.78 is 6.24. The lowest BCUT2D eigenvalue weighted by Gasteiger charge is -2.71. The molecule has 10 nitrogen and oxygen atoms in total. The molecule has 57 heavy (non-hydrogen) atoms. The van der Waals surface area contributed by atoms with E-state index in [2.05, 4.69) is 65.2 Å². The molecule has 4 saturated carbocycles. The smallest absolute Gasteiger partial charge is 0.339 e. The van der Waals surface area contributed by atoms with E-state index in [0.717, 1.165) is 64.2 Å². The molecular formula is C47H68N2O8. The van der Waals surface area contributed by atoms with E-state index in [1.54, 1.807) is 26.0 Å². The quantitative estimate of drug-likeness (QED) is 0.0984. The number of ether oxygens (including phenoxy) is 1. The Labute approximate surface area is 339 Å². The molecule has 0 heterocycles. The normalized spacial score (nSPS) is 35.5. The van der Waals surface area contributed by atoms with Crippen LogP contribution in [-0.2, 0) is 19.1 Å². The molecule has 4 N–H and O–H groups in total. The van der Waals surface area contributed by atoms with Gasteiger partial charge in [0.25, 0.3) is 0 Å². The maximum absolute atomic E-state index is 14.5. The molecule has 4 fully saturated rings. The Bertz CT molecular complexity index is 1810. The number of hydrogen-bond donors (Lipinski definition) is 4. The Morgan fingerprint density at radius 1 is 0.842 bits per heavy atom. The molecular weight excluding hydrogens is 721 g/mol. The number of allylic oxidation sites excluding steroid dienone is 2. The van der Waals surface area contributed by atoms with E-state index in [0.29, 0.717) is 24.8 Å². The number of esters is 1. The summed E-state index contributed by atoms with van der Waals surface area (Å²) in [5.74, 6) is -2.33. The molecule has 0 spiro atoms. The molecule has 0 bridgehead atoms. The van der Waals surface area contributed by atoms with Gasteiger partial charge in [0.1, 0.15) is 12.1 Å². The van der Waals surface area contributed by atoms with E-state index >= 15 is 0 Å². The first-order valence-electron chi connectivity index (χ1n) is 21.6. The number of aromatic carboxylic acids is 1. The van der Waals surface area contributed by atoms with Crippen LogP contribution < -0.4 is 10.6 Å². The molecule has 5 aliphatic rings. The number of benzene rings is 1. The predicted molar refractivity (Wildman–Crippen MR) is 218 cm³/mol. The van der Waals surface area contributed by atoms with Crippen LogP contribution in [0.2, 0.25) is 0 Å². The Morgan fingerprint density at radius 2 is 1.51 bits per heavy atom. The lowest BCUT2D eigenvalue weighted by molar-refractivity contribution is -0.204. The highest BCUT2D eigenvalue weighted by molar-refractivity contribution is 6.02. The van der Waals surface area contributed by atoms with Crippen molar-refractivity contribution in [2.24, 2.45) is 56.2 Å². The van der Waals surface area contributed by atoms with E-state index in [-0.39, 0.29) is 74.4 Å². The van der Waals surface area contributed by atoms with Gasteiger partial charge < -0.3 is 25.6 Å². The number of carboxylic acids is 2. The molecule has 314 valence electrons. The summed E-state index contributed by atoms with van der Waals surface area (Å²) in [4.78, 5) is 64.1. The van der Waals surface area contributed by atoms with Crippen molar-refractivity contribution in [3.05, 3.63) is 47.0 Å². The number of fused-ring (bicyclic) bond motifs is 7. The maximum atomic E-state index is 14.5. The van der Waals surface area contributed by atoms with E-state index in [1.807, 2.05) is 0 Å². The van der Waals surface area contributed by atoms with Crippen LogP contribution in [-0.4, -0.2) is 58.6 Å². The zero-order valence-corrected chi connectivity index (χ0v) is 35.9. The highest BCUT2D eigenvalue weighted by Gasteiger charge is 2.69. The zero-order chi connectivity index (χ0) is 41.9. The lowest BCUT2D eigenvalue weighted by Crippen LogP contribution is -2.65. The number of aliphatic carboxylic acids is 1. The van der Waals surface area contributed by atoms with E-state index < -0.39 is 29.4 Å². The first kappa shape index (κ1) is 42.9. The summed E-state index contributed by atoms with van der Waals surface area (Å²) >= 11 is 0. The molecule has 0 aromatic heterocycles. The standard InChI is InChI=1S/C47H68N2O8/c1-28(2)37(39(53)54)49-36(50)15-12-26-48-41(56)47-24-22-42(3,4)27-32(47)31-16-17-34-44(7)20-19-35(57-40(55)30-14-11-10-13-29(30)38(51)52)43(5,6)33(44)18-21-46(34,9)45(31,8)23-25-47/h10-11,13-14,16,28,32-35,37H,12,15,17-27H2,1-9H3,(H,48,56)(H,49,50)(H,51,52)(H,53,54)/t32?,33?,34?,35-,37-,44-,45+,46+,47-/m0/s1. The van der Waals surface area contributed by atoms with Gasteiger partial charge in [-0.3, -0.25) is 9.59 Å². The van der Waals surface area contributed by atoms with Crippen LogP contribution in [0.15, 0.2) is 35.9 Å². The summed E-state index contributed by atoms with van der Waals surface area (Å²) in [6.45, 7) is 20.6. The fraction of sp³-hybridized carbons (Fsp3) is 0.723. The molecule has 0 saturated heterocycles. The molecule has 6 rings (SSSR count). The molecule has 9 atom stereocenters. The Balaban J connectivity index is 1.20. The predicted octanol–water partition coefficient (Wildman–Crippen LogP) is 8.83. The van der Waals surface area contributed by atoms with Gasteiger partial charge in [-0.1, -0.05) is 86.1 Å². The van der Waals surface area contributed by atoms with Crippen molar-refractivity contribution in [2.45, 2.75) is 152 Å². The van der Waals surface area contributed by atoms with Crippen molar-refractivity contribution in [3.8, 4) is 0 Å². The second-order valence-corrected chi connectivity index (χ2v) is 21.0. The molecule has 10 heteroatoms. The number of carboxylic acid groups (broad SMARTS) is 2.